The molecule has 0 aliphatic heterocycles. The van der Waals surface area contributed by atoms with Crippen molar-refractivity contribution in [2.75, 3.05) is 11.9 Å². The Kier molecular flexibility index (Phi) is 7.81. The molecule has 3 aliphatic carbocycles. The molecule has 0 saturated heterocycles. The molecular formula is C25H26ClF3N2O6S. The molecule has 0 heterocycles. The molecule has 3 unspecified atom stereocenters. The smallest absolute Gasteiger partial charge is 0.255 e. The van der Waals surface area contributed by atoms with E-state index < -0.39 is 67.9 Å². The van der Waals surface area contributed by atoms with E-state index in [0.717, 1.165) is 6.07 Å². The number of rotatable bonds is 8. The van der Waals surface area contributed by atoms with Gasteiger partial charge in [0, 0.05) is 29.9 Å². The molecule has 2 amide bonds. The van der Waals surface area contributed by atoms with Gasteiger partial charge in [-0.25, -0.2) is 21.6 Å². The molecule has 0 spiro atoms. The molecule has 3 fully saturated rings. The predicted molar refractivity (Wildman–Crippen MR) is 132 cm³/mol. The molecule has 13 heteroatoms. The van der Waals surface area contributed by atoms with E-state index >= 15 is 0 Å². The summed E-state index contributed by atoms with van der Waals surface area (Å²) in [6.07, 6.45) is -0.222. The van der Waals surface area contributed by atoms with Gasteiger partial charge in [0.2, 0.25) is 5.91 Å². The van der Waals surface area contributed by atoms with Crippen LogP contribution in [0.3, 0.4) is 0 Å². The van der Waals surface area contributed by atoms with E-state index in [1.165, 1.54) is 19.1 Å². The summed E-state index contributed by atoms with van der Waals surface area (Å²) in [6.45, 7) is 1.55. The number of carbonyl (C=O) groups is 2. The lowest BCUT2D eigenvalue weighted by Crippen LogP contribution is -2.63. The largest absolute Gasteiger partial charge is 0.392 e. The van der Waals surface area contributed by atoms with Crippen molar-refractivity contribution in [2.45, 2.75) is 54.5 Å². The second-order valence-electron chi connectivity index (χ2n) is 9.94. The van der Waals surface area contributed by atoms with E-state index in [9.17, 15) is 41.4 Å². The molecule has 38 heavy (non-hydrogen) atoms. The summed E-state index contributed by atoms with van der Waals surface area (Å²) in [6, 6.07) is 4.67. The molecule has 0 aromatic heterocycles. The molecule has 206 valence electrons. The third kappa shape index (κ3) is 5.40. The van der Waals surface area contributed by atoms with Crippen molar-refractivity contribution < 1.29 is 41.4 Å². The number of hydrogen-bond donors (Lipinski definition) is 4. The van der Waals surface area contributed by atoms with Crippen LogP contribution >= 0.6 is 11.6 Å². The average Bonchev–Trinajstić information content (AvgIpc) is 2.86. The van der Waals surface area contributed by atoms with E-state index in [2.05, 4.69) is 10.6 Å². The fourth-order valence-corrected chi connectivity index (χ4v) is 7.65. The molecule has 3 atom stereocenters. The highest BCUT2D eigenvalue weighted by molar-refractivity contribution is 7.92. The molecule has 0 radical (unpaired) electrons. The Labute approximate surface area is 222 Å². The van der Waals surface area contributed by atoms with Crippen molar-refractivity contribution in [3.63, 3.8) is 0 Å². The van der Waals surface area contributed by atoms with Gasteiger partial charge in [-0.05, 0) is 56.2 Å². The van der Waals surface area contributed by atoms with E-state index in [1.807, 2.05) is 0 Å². The minimum absolute atomic E-state index is 0.0364. The fraction of sp³-hybridized carbons (Fsp3) is 0.440. The Morgan fingerprint density at radius 1 is 1.11 bits per heavy atom. The Morgan fingerprint density at radius 2 is 1.71 bits per heavy atom. The quantitative estimate of drug-likeness (QED) is 0.358. The lowest BCUT2D eigenvalue weighted by molar-refractivity contribution is -0.183. The number of fused-ring (bicyclic) bond motifs is 2. The van der Waals surface area contributed by atoms with Crippen LogP contribution in [0.4, 0.5) is 18.9 Å². The second-order valence-corrected chi connectivity index (χ2v) is 12.5. The number of amides is 2. The van der Waals surface area contributed by atoms with E-state index in [1.54, 1.807) is 0 Å². The van der Waals surface area contributed by atoms with Crippen molar-refractivity contribution in [3.05, 3.63) is 58.4 Å². The van der Waals surface area contributed by atoms with E-state index in [0.29, 0.717) is 18.6 Å². The van der Waals surface area contributed by atoms with Gasteiger partial charge in [-0.3, -0.25) is 9.59 Å². The van der Waals surface area contributed by atoms with Gasteiger partial charge in [0.1, 0.15) is 0 Å². The minimum atomic E-state index is -4.07. The van der Waals surface area contributed by atoms with Gasteiger partial charge in [-0.1, -0.05) is 11.6 Å². The first-order chi connectivity index (χ1) is 17.7. The Morgan fingerprint density at radius 3 is 2.29 bits per heavy atom. The van der Waals surface area contributed by atoms with Gasteiger partial charge in [0.15, 0.2) is 27.3 Å². The van der Waals surface area contributed by atoms with Crippen LogP contribution in [0.1, 0.15) is 43.0 Å². The highest BCUT2D eigenvalue weighted by atomic mass is 35.5. The molecule has 3 aliphatic rings. The fourth-order valence-electron chi connectivity index (χ4n) is 5.25. The zero-order valence-electron chi connectivity index (χ0n) is 20.2. The van der Waals surface area contributed by atoms with Crippen LogP contribution in [-0.2, 0) is 14.6 Å². The molecule has 2 bridgehead atoms. The lowest BCUT2D eigenvalue weighted by atomic mass is 9.52. The molecule has 2 aromatic carbocycles. The average molecular weight is 575 g/mol. The van der Waals surface area contributed by atoms with Crippen LogP contribution in [0.25, 0.3) is 0 Å². The number of hydrogen-bond acceptors (Lipinski definition) is 6. The second kappa shape index (κ2) is 10.5. The Bertz CT molecular complexity index is 1350. The molecule has 4 N–H and O–H groups in total. The van der Waals surface area contributed by atoms with Gasteiger partial charge < -0.3 is 20.8 Å². The van der Waals surface area contributed by atoms with Crippen molar-refractivity contribution in [2.24, 2.45) is 11.8 Å². The maximum absolute atomic E-state index is 13.5. The summed E-state index contributed by atoms with van der Waals surface area (Å²) in [4.78, 5) is 24.5. The van der Waals surface area contributed by atoms with Gasteiger partial charge in [0.25, 0.3) is 5.91 Å². The maximum atomic E-state index is 13.5. The van der Waals surface area contributed by atoms with Crippen LogP contribution < -0.4 is 10.6 Å². The monoisotopic (exact) mass is 574 g/mol. The van der Waals surface area contributed by atoms with Crippen molar-refractivity contribution in [1.29, 1.82) is 0 Å². The molecule has 5 rings (SSSR count). The first-order valence-electron chi connectivity index (χ1n) is 11.9. The van der Waals surface area contributed by atoms with Crippen LogP contribution in [0.2, 0.25) is 5.02 Å². The van der Waals surface area contributed by atoms with Crippen LogP contribution in [-0.4, -0.2) is 53.9 Å². The third-order valence-electron chi connectivity index (χ3n) is 7.30. The first-order valence-corrected chi connectivity index (χ1v) is 13.8. The normalized spacial score (nSPS) is 25.3. The molecule has 3 saturated carbocycles. The molecule has 2 aromatic rings. The maximum Gasteiger partial charge on any atom is 0.255 e. The number of aliphatic hydroxyl groups is 2. The summed E-state index contributed by atoms with van der Waals surface area (Å²) in [5.41, 5.74) is -1.87. The highest BCUT2D eigenvalue weighted by Crippen LogP contribution is 2.57. The van der Waals surface area contributed by atoms with E-state index in [-0.39, 0.29) is 47.0 Å². The molecule has 8 nitrogen and oxygen atoms in total. The third-order valence-corrected chi connectivity index (χ3v) is 9.95. The van der Waals surface area contributed by atoms with E-state index in [4.69, 9.17) is 11.6 Å². The van der Waals surface area contributed by atoms with Crippen molar-refractivity contribution in [1.82, 2.24) is 5.32 Å². The van der Waals surface area contributed by atoms with Crippen LogP contribution in [0.5, 0.6) is 0 Å². The van der Waals surface area contributed by atoms with Crippen molar-refractivity contribution >= 4 is 38.9 Å². The number of anilines is 1. The van der Waals surface area contributed by atoms with Gasteiger partial charge in [0.05, 0.1) is 33.3 Å². The summed E-state index contributed by atoms with van der Waals surface area (Å²) in [5.74, 6) is -6.91. The summed E-state index contributed by atoms with van der Waals surface area (Å²) in [5, 5.41) is 24.1. The standard InChI is InChI=1S/C25H26ClF3N2O6S/c1-12(32)11-30-22(33)10-25(35)14-5-15(25)7-17(6-14)38(36,37)21-4-13(2-3-18(21)26)24(34)31-16-8-19(27)23(29)20(28)9-16/h2-4,8-9,12,14-15,17,32,35H,5-7,10-11H2,1H3,(H,30,33)(H,31,34). The molecular weight excluding hydrogens is 549 g/mol. The SMILES string of the molecule is CC(O)CNC(=O)CC1(O)C2CC1CC(S(=O)(=O)c1cc(C(=O)Nc3cc(F)c(F)c(F)c3)ccc1Cl)C2. The van der Waals surface area contributed by atoms with Crippen LogP contribution in [0.15, 0.2) is 35.2 Å². The van der Waals surface area contributed by atoms with Crippen LogP contribution in [0, 0.1) is 29.3 Å². The van der Waals surface area contributed by atoms with Gasteiger partial charge >= 0.3 is 0 Å². The summed E-state index contributed by atoms with van der Waals surface area (Å²) >= 11 is 6.18. The number of halogens is 4. The predicted octanol–water partition coefficient (Wildman–Crippen LogP) is 3.20. The minimum Gasteiger partial charge on any atom is -0.392 e. The Balaban J connectivity index is 1.49. The number of benzene rings is 2. The number of aliphatic hydroxyl groups excluding tert-OH is 1. The number of sulfone groups is 1. The number of nitrogens with one attached hydrogen (secondary N) is 2. The highest BCUT2D eigenvalue weighted by Gasteiger charge is 2.60. The van der Waals surface area contributed by atoms with Gasteiger partial charge in [-0.15, -0.1) is 0 Å². The zero-order valence-corrected chi connectivity index (χ0v) is 21.8. The lowest BCUT2D eigenvalue weighted by Gasteiger charge is -2.58. The Hall–Kier alpha value is -2.67. The summed E-state index contributed by atoms with van der Waals surface area (Å²) < 4.78 is 67.2. The zero-order chi connectivity index (χ0) is 28.0. The van der Waals surface area contributed by atoms with Gasteiger partial charge in [-0.2, -0.15) is 0 Å². The first kappa shape index (κ1) is 28.3. The van der Waals surface area contributed by atoms with Crippen molar-refractivity contribution in [3.8, 4) is 0 Å². The summed E-state index contributed by atoms with van der Waals surface area (Å²) in [7, 11) is -4.07. The number of carbonyl (C=O) groups excluding carboxylic acids is 2. The topological polar surface area (TPSA) is 133 Å².